The van der Waals surface area contributed by atoms with Crippen molar-refractivity contribution in [1.82, 2.24) is 9.38 Å². The molecule has 3 aromatic rings. The van der Waals surface area contributed by atoms with Gasteiger partial charge in [0.2, 0.25) is 0 Å². The Morgan fingerprint density at radius 1 is 1.25 bits per heavy atom. The normalized spacial score (nSPS) is 10.8. The zero-order valence-electron chi connectivity index (χ0n) is 13.1. The highest BCUT2D eigenvalue weighted by Gasteiger charge is 2.20. The average molecular weight is 364 g/mol. The SMILES string of the molecule is CCOc1cccn2c(C(=O)Nc3c(Cl)cccc3Cl)c(C)nc12. The van der Waals surface area contributed by atoms with Crippen LogP contribution in [0.5, 0.6) is 5.75 Å². The second-order valence-corrected chi connectivity index (χ2v) is 5.91. The molecule has 0 aliphatic heterocycles. The van der Waals surface area contributed by atoms with Crippen molar-refractivity contribution in [3.8, 4) is 5.75 Å². The number of carbonyl (C=O) groups is 1. The lowest BCUT2D eigenvalue weighted by molar-refractivity contribution is 0.102. The van der Waals surface area contributed by atoms with Crippen LogP contribution >= 0.6 is 23.2 Å². The van der Waals surface area contributed by atoms with Gasteiger partial charge in [0.1, 0.15) is 5.69 Å². The lowest BCUT2D eigenvalue weighted by atomic mass is 10.2. The number of imidazole rings is 1. The van der Waals surface area contributed by atoms with Gasteiger partial charge in [-0.15, -0.1) is 0 Å². The van der Waals surface area contributed by atoms with E-state index in [4.69, 9.17) is 27.9 Å². The highest BCUT2D eigenvalue weighted by molar-refractivity contribution is 6.40. The maximum Gasteiger partial charge on any atom is 0.274 e. The van der Waals surface area contributed by atoms with Crippen molar-refractivity contribution in [1.29, 1.82) is 0 Å². The van der Waals surface area contributed by atoms with Gasteiger partial charge in [-0.05, 0) is 38.1 Å². The van der Waals surface area contributed by atoms with Crippen molar-refractivity contribution >= 4 is 40.4 Å². The van der Waals surface area contributed by atoms with Crippen molar-refractivity contribution in [2.24, 2.45) is 0 Å². The van der Waals surface area contributed by atoms with Gasteiger partial charge < -0.3 is 10.1 Å². The van der Waals surface area contributed by atoms with Gasteiger partial charge in [0.25, 0.3) is 5.91 Å². The summed E-state index contributed by atoms with van der Waals surface area (Å²) in [6.45, 7) is 4.18. The smallest absolute Gasteiger partial charge is 0.274 e. The second kappa shape index (κ2) is 6.71. The second-order valence-electron chi connectivity index (χ2n) is 5.10. The van der Waals surface area contributed by atoms with Gasteiger partial charge in [0.05, 0.1) is 28.0 Å². The summed E-state index contributed by atoms with van der Waals surface area (Å²) < 4.78 is 7.26. The van der Waals surface area contributed by atoms with Crippen LogP contribution in [-0.2, 0) is 0 Å². The molecule has 0 aliphatic carbocycles. The Labute approximate surface area is 149 Å². The van der Waals surface area contributed by atoms with E-state index in [1.165, 1.54) is 0 Å². The number of pyridine rings is 1. The molecule has 0 saturated carbocycles. The molecule has 124 valence electrons. The minimum absolute atomic E-state index is 0.344. The number of aromatic nitrogens is 2. The van der Waals surface area contributed by atoms with Crippen molar-refractivity contribution in [2.75, 3.05) is 11.9 Å². The monoisotopic (exact) mass is 363 g/mol. The molecule has 0 saturated heterocycles. The lowest BCUT2D eigenvalue weighted by Crippen LogP contribution is -2.16. The fraction of sp³-hybridized carbons (Fsp3) is 0.176. The van der Waals surface area contributed by atoms with E-state index in [0.29, 0.717) is 45.1 Å². The Bertz CT molecular complexity index is 901. The number of fused-ring (bicyclic) bond motifs is 1. The van der Waals surface area contributed by atoms with Crippen molar-refractivity contribution in [3.63, 3.8) is 0 Å². The molecule has 0 aliphatic rings. The summed E-state index contributed by atoms with van der Waals surface area (Å²) in [6.07, 6.45) is 1.76. The van der Waals surface area contributed by atoms with Crippen molar-refractivity contribution in [2.45, 2.75) is 13.8 Å². The predicted molar refractivity (Wildman–Crippen MR) is 95.5 cm³/mol. The molecule has 3 rings (SSSR count). The minimum Gasteiger partial charge on any atom is -0.490 e. The van der Waals surface area contributed by atoms with E-state index < -0.39 is 0 Å². The zero-order chi connectivity index (χ0) is 17.3. The number of rotatable bonds is 4. The van der Waals surface area contributed by atoms with Crippen LogP contribution in [0.1, 0.15) is 23.1 Å². The topological polar surface area (TPSA) is 55.6 Å². The highest BCUT2D eigenvalue weighted by Crippen LogP contribution is 2.31. The molecule has 2 aromatic heterocycles. The van der Waals surface area contributed by atoms with Gasteiger partial charge in [-0.25, -0.2) is 4.98 Å². The van der Waals surface area contributed by atoms with Crippen LogP contribution in [0.15, 0.2) is 36.5 Å². The van der Waals surface area contributed by atoms with Gasteiger partial charge in [-0.3, -0.25) is 9.20 Å². The molecule has 24 heavy (non-hydrogen) atoms. The first-order valence-corrected chi connectivity index (χ1v) is 8.14. The van der Waals surface area contributed by atoms with Crippen LogP contribution in [0, 0.1) is 6.92 Å². The average Bonchev–Trinajstić information content (AvgIpc) is 2.88. The van der Waals surface area contributed by atoms with E-state index >= 15 is 0 Å². The quantitative estimate of drug-likeness (QED) is 0.736. The van der Waals surface area contributed by atoms with Gasteiger partial charge in [0.15, 0.2) is 11.4 Å². The summed E-state index contributed by atoms with van der Waals surface area (Å²) in [7, 11) is 0. The van der Waals surface area contributed by atoms with Crippen LogP contribution in [-0.4, -0.2) is 21.9 Å². The van der Waals surface area contributed by atoms with Gasteiger partial charge in [0, 0.05) is 6.20 Å². The molecule has 0 spiro atoms. The van der Waals surface area contributed by atoms with Crippen molar-refractivity contribution < 1.29 is 9.53 Å². The zero-order valence-corrected chi connectivity index (χ0v) is 14.6. The molecule has 7 heteroatoms. The first-order chi connectivity index (χ1) is 11.5. The standard InChI is InChI=1S/C17H15Cl2N3O2/c1-3-24-13-8-5-9-22-15(10(2)20-16(13)22)17(23)21-14-11(18)6-4-7-12(14)19/h4-9H,3H2,1-2H3,(H,21,23). The van der Waals surface area contributed by atoms with Crippen molar-refractivity contribution in [3.05, 3.63) is 58.0 Å². The molecule has 0 unspecified atom stereocenters. The Kier molecular flexibility index (Phi) is 4.64. The molecule has 1 N–H and O–H groups in total. The van der Waals surface area contributed by atoms with E-state index in [-0.39, 0.29) is 5.91 Å². The fourth-order valence-corrected chi connectivity index (χ4v) is 2.98. The summed E-state index contributed by atoms with van der Waals surface area (Å²) in [5.74, 6) is 0.279. The van der Waals surface area contributed by atoms with Crippen LogP contribution in [0.2, 0.25) is 10.0 Å². The third-order valence-electron chi connectivity index (χ3n) is 3.50. The number of aryl methyl sites for hydroxylation is 1. The first kappa shape index (κ1) is 16.6. The minimum atomic E-state index is -0.344. The molecular weight excluding hydrogens is 349 g/mol. The summed E-state index contributed by atoms with van der Waals surface area (Å²) in [5.41, 5.74) is 1.96. The van der Waals surface area contributed by atoms with E-state index in [1.807, 2.05) is 13.0 Å². The lowest BCUT2D eigenvalue weighted by Gasteiger charge is -2.10. The third kappa shape index (κ3) is 2.92. The Balaban J connectivity index is 2.04. The largest absolute Gasteiger partial charge is 0.490 e. The number of nitrogens with zero attached hydrogens (tertiary/aromatic N) is 2. The van der Waals surface area contributed by atoms with Crippen LogP contribution < -0.4 is 10.1 Å². The number of benzene rings is 1. The van der Waals surface area contributed by atoms with E-state index in [0.717, 1.165) is 0 Å². The Morgan fingerprint density at radius 3 is 2.62 bits per heavy atom. The number of nitrogens with one attached hydrogen (secondary N) is 1. The molecule has 1 aromatic carbocycles. The fourth-order valence-electron chi connectivity index (χ4n) is 2.49. The molecule has 5 nitrogen and oxygen atoms in total. The van der Waals surface area contributed by atoms with Crippen LogP contribution in [0.4, 0.5) is 5.69 Å². The molecule has 0 atom stereocenters. The Morgan fingerprint density at radius 2 is 1.96 bits per heavy atom. The maximum absolute atomic E-state index is 12.8. The molecular formula is C17H15Cl2N3O2. The maximum atomic E-state index is 12.8. The van der Waals surface area contributed by atoms with Gasteiger partial charge in [-0.1, -0.05) is 29.3 Å². The van der Waals surface area contributed by atoms with E-state index in [2.05, 4.69) is 10.3 Å². The number of carbonyl (C=O) groups excluding carboxylic acids is 1. The van der Waals surface area contributed by atoms with Gasteiger partial charge in [-0.2, -0.15) is 0 Å². The number of para-hydroxylation sites is 1. The Hall–Kier alpha value is -2.24. The number of ether oxygens (including phenoxy) is 1. The number of halogens is 2. The summed E-state index contributed by atoms with van der Waals surface area (Å²) in [5, 5.41) is 3.51. The predicted octanol–water partition coefficient (Wildman–Crippen LogP) is 4.60. The van der Waals surface area contributed by atoms with E-state index in [1.54, 1.807) is 41.8 Å². The summed E-state index contributed by atoms with van der Waals surface area (Å²) in [4.78, 5) is 17.2. The number of hydrogen-bond donors (Lipinski definition) is 1. The van der Waals surface area contributed by atoms with Crippen LogP contribution in [0.3, 0.4) is 0 Å². The highest BCUT2D eigenvalue weighted by atomic mass is 35.5. The third-order valence-corrected chi connectivity index (χ3v) is 4.13. The molecule has 0 fully saturated rings. The van der Waals surface area contributed by atoms with Gasteiger partial charge >= 0.3 is 0 Å². The molecule has 2 heterocycles. The number of hydrogen-bond acceptors (Lipinski definition) is 3. The number of amides is 1. The number of anilines is 1. The summed E-state index contributed by atoms with van der Waals surface area (Å²) >= 11 is 12.2. The van der Waals surface area contributed by atoms with E-state index in [9.17, 15) is 4.79 Å². The molecule has 0 radical (unpaired) electrons. The van der Waals surface area contributed by atoms with Crippen LogP contribution in [0.25, 0.3) is 5.65 Å². The molecule has 0 bridgehead atoms. The first-order valence-electron chi connectivity index (χ1n) is 7.38. The summed E-state index contributed by atoms with van der Waals surface area (Å²) in [6, 6.07) is 8.67. The molecule has 1 amide bonds.